The molecule has 1 aliphatic carbocycles. The molecular formula is C22H31NO5S. The molecule has 2 aliphatic rings. The standard InChI is InChI=1S/C22H31NO5S/c1-21(2,3)29(25)23-19-11-12-22(27-13-14-28-22)18(15-19)9-10-20(24)26-16-17-7-5-4-6-8-17/h4-8,18H,9-16H2,1-3H3/b23-19+. The normalized spacial score (nSPS) is 24.0. The number of hydrogen-bond donors (Lipinski definition) is 0. The molecule has 29 heavy (non-hydrogen) atoms. The highest BCUT2D eigenvalue weighted by Gasteiger charge is 2.48. The van der Waals surface area contributed by atoms with E-state index in [2.05, 4.69) is 4.40 Å². The Morgan fingerprint density at radius 2 is 1.97 bits per heavy atom. The van der Waals surface area contributed by atoms with E-state index in [9.17, 15) is 9.35 Å². The van der Waals surface area contributed by atoms with Gasteiger partial charge in [0.15, 0.2) is 5.79 Å². The second kappa shape index (κ2) is 9.60. The molecule has 1 spiro atoms. The number of nitrogens with zero attached hydrogens (tertiary/aromatic N) is 1. The summed E-state index contributed by atoms with van der Waals surface area (Å²) in [5, 5.41) is 0. The fourth-order valence-electron chi connectivity index (χ4n) is 3.68. The molecule has 1 aliphatic heterocycles. The van der Waals surface area contributed by atoms with Gasteiger partial charge < -0.3 is 18.8 Å². The van der Waals surface area contributed by atoms with Crippen LogP contribution in [0, 0.1) is 5.92 Å². The van der Waals surface area contributed by atoms with Crippen molar-refractivity contribution in [2.45, 2.75) is 70.0 Å². The van der Waals surface area contributed by atoms with E-state index >= 15 is 0 Å². The molecule has 1 heterocycles. The average Bonchev–Trinajstić information content (AvgIpc) is 3.16. The first kappa shape index (κ1) is 22.3. The first-order valence-corrected chi connectivity index (χ1v) is 11.3. The summed E-state index contributed by atoms with van der Waals surface area (Å²) in [5.41, 5.74) is 1.89. The van der Waals surface area contributed by atoms with Gasteiger partial charge in [0.1, 0.15) is 22.7 Å². The molecule has 1 aromatic carbocycles. The Morgan fingerprint density at radius 1 is 1.28 bits per heavy atom. The number of hydrogen-bond acceptors (Lipinski definition) is 6. The van der Waals surface area contributed by atoms with Gasteiger partial charge in [-0.05, 0) is 45.6 Å². The summed E-state index contributed by atoms with van der Waals surface area (Å²) in [6.07, 6.45) is 2.90. The number of carbonyl (C=O) groups is 1. The number of benzene rings is 1. The van der Waals surface area contributed by atoms with Crippen LogP contribution in [-0.4, -0.2) is 40.0 Å². The molecule has 0 radical (unpaired) electrons. The van der Waals surface area contributed by atoms with Crippen LogP contribution in [0.1, 0.15) is 58.4 Å². The van der Waals surface area contributed by atoms with Crippen LogP contribution in [0.2, 0.25) is 0 Å². The van der Waals surface area contributed by atoms with Crippen LogP contribution in [0.15, 0.2) is 34.7 Å². The van der Waals surface area contributed by atoms with Gasteiger partial charge in [-0.25, -0.2) is 0 Å². The highest BCUT2D eigenvalue weighted by molar-refractivity contribution is 7.91. The topological polar surface area (TPSA) is 80.2 Å². The molecule has 7 heteroatoms. The van der Waals surface area contributed by atoms with Gasteiger partial charge in [-0.1, -0.05) is 34.7 Å². The van der Waals surface area contributed by atoms with E-state index in [0.29, 0.717) is 45.3 Å². The van der Waals surface area contributed by atoms with Crippen LogP contribution >= 0.6 is 0 Å². The van der Waals surface area contributed by atoms with Gasteiger partial charge in [0, 0.05) is 18.8 Å². The molecule has 1 saturated heterocycles. The Morgan fingerprint density at radius 3 is 2.62 bits per heavy atom. The Kier molecular flexibility index (Phi) is 7.37. The lowest BCUT2D eigenvalue weighted by atomic mass is 9.79. The van der Waals surface area contributed by atoms with Crippen molar-refractivity contribution < 1.29 is 23.6 Å². The molecule has 0 aromatic heterocycles. The van der Waals surface area contributed by atoms with Crippen LogP contribution in [0.25, 0.3) is 0 Å². The lowest BCUT2D eigenvalue weighted by Crippen LogP contribution is -2.45. The predicted molar refractivity (Wildman–Crippen MR) is 113 cm³/mol. The second-order valence-corrected chi connectivity index (χ2v) is 10.5. The van der Waals surface area contributed by atoms with Crippen molar-refractivity contribution in [2.24, 2.45) is 10.3 Å². The predicted octanol–water partition coefficient (Wildman–Crippen LogP) is 3.96. The van der Waals surface area contributed by atoms with Crippen LogP contribution in [0.4, 0.5) is 0 Å². The number of carbonyl (C=O) groups excluding carboxylic acids is 1. The molecular weight excluding hydrogens is 390 g/mol. The zero-order valence-electron chi connectivity index (χ0n) is 17.5. The highest BCUT2D eigenvalue weighted by atomic mass is 32.2. The van der Waals surface area contributed by atoms with Gasteiger partial charge in [0.2, 0.25) is 0 Å². The van der Waals surface area contributed by atoms with Gasteiger partial charge in [0.25, 0.3) is 0 Å². The van der Waals surface area contributed by atoms with Crippen molar-refractivity contribution in [3.05, 3.63) is 35.9 Å². The molecule has 1 aromatic rings. The summed E-state index contributed by atoms with van der Waals surface area (Å²) >= 11 is -1.29. The summed E-state index contributed by atoms with van der Waals surface area (Å²) in [6.45, 7) is 7.16. The molecule has 3 rings (SSSR count). The molecule has 2 atom stereocenters. The summed E-state index contributed by atoms with van der Waals surface area (Å²) in [6, 6.07) is 9.64. The lowest BCUT2D eigenvalue weighted by molar-refractivity contribution is -0.204. The zero-order valence-corrected chi connectivity index (χ0v) is 18.3. The average molecular weight is 422 g/mol. The molecule has 1 saturated carbocycles. The summed E-state index contributed by atoms with van der Waals surface area (Å²) in [7, 11) is 0. The molecule has 2 fully saturated rings. The van der Waals surface area contributed by atoms with Crippen molar-refractivity contribution in [1.29, 1.82) is 0 Å². The zero-order chi connectivity index (χ0) is 20.9. The Balaban J connectivity index is 1.59. The van der Waals surface area contributed by atoms with Crippen LogP contribution in [0.5, 0.6) is 0 Å². The third-order valence-corrected chi connectivity index (χ3v) is 6.79. The maximum atomic E-state index is 12.4. The maximum Gasteiger partial charge on any atom is 0.306 e. The van der Waals surface area contributed by atoms with Crippen LogP contribution in [0.3, 0.4) is 0 Å². The Hall–Kier alpha value is -1.41. The molecule has 2 unspecified atom stereocenters. The number of esters is 1. The molecule has 6 nitrogen and oxygen atoms in total. The van der Waals surface area contributed by atoms with Gasteiger partial charge in [-0.2, -0.15) is 0 Å². The minimum Gasteiger partial charge on any atom is -0.591 e. The fourth-order valence-corrected chi connectivity index (χ4v) is 4.35. The third-order valence-electron chi connectivity index (χ3n) is 5.32. The fraction of sp³-hybridized carbons (Fsp3) is 0.636. The SMILES string of the molecule is CC(C)(C)[S+]([O-])/N=C1\CCC2(OCCO2)C(CCC(=O)OCc2ccccc2)C1. The minimum absolute atomic E-state index is 0.00116. The smallest absolute Gasteiger partial charge is 0.306 e. The maximum absolute atomic E-state index is 12.4. The van der Waals surface area contributed by atoms with Crippen molar-refractivity contribution in [2.75, 3.05) is 13.2 Å². The third kappa shape index (κ3) is 6.04. The molecule has 0 N–H and O–H groups in total. The summed E-state index contributed by atoms with van der Waals surface area (Å²) < 4.78 is 33.9. The molecule has 0 bridgehead atoms. The van der Waals surface area contributed by atoms with E-state index in [4.69, 9.17) is 14.2 Å². The van der Waals surface area contributed by atoms with Crippen molar-refractivity contribution >= 4 is 23.0 Å². The van der Waals surface area contributed by atoms with Crippen molar-refractivity contribution in [3.8, 4) is 0 Å². The van der Waals surface area contributed by atoms with E-state index in [0.717, 1.165) is 11.3 Å². The largest absolute Gasteiger partial charge is 0.591 e. The van der Waals surface area contributed by atoms with Crippen LogP contribution < -0.4 is 0 Å². The number of rotatable bonds is 6. The van der Waals surface area contributed by atoms with Gasteiger partial charge in [-0.15, -0.1) is 0 Å². The van der Waals surface area contributed by atoms with Crippen LogP contribution in [-0.2, 0) is 37.0 Å². The van der Waals surface area contributed by atoms with Crippen molar-refractivity contribution in [1.82, 2.24) is 0 Å². The van der Waals surface area contributed by atoms with E-state index in [1.807, 2.05) is 51.1 Å². The lowest BCUT2D eigenvalue weighted by Gasteiger charge is -2.39. The van der Waals surface area contributed by atoms with Gasteiger partial charge in [-0.3, -0.25) is 4.79 Å². The van der Waals surface area contributed by atoms with Gasteiger partial charge >= 0.3 is 5.97 Å². The van der Waals surface area contributed by atoms with E-state index in [1.165, 1.54) is 0 Å². The monoisotopic (exact) mass is 421 g/mol. The van der Waals surface area contributed by atoms with Crippen molar-refractivity contribution in [3.63, 3.8) is 0 Å². The Bertz CT molecular complexity index is 710. The second-order valence-electron chi connectivity index (χ2n) is 8.61. The minimum atomic E-state index is -1.29. The van der Waals surface area contributed by atoms with E-state index < -0.39 is 17.1 Å². The van der Waals surface area contributed by atoms with E-state index in [1.54, 1.807) is 0 Å². The summed E-state index contributed by atoms with van der Waals surface area (Å²) in [4.78, 5) is 12.3. The Labute approximate surface area is 176 Å². The first-order chi connectivity index (χ1) is 13.8. The highest BCUT2D eigenvalue weighted by Crippen LogP contribution is 2.42. The molecule has 160 valence electrons. The first-order valence-electron chi connectivity index (χ1n) is 10.2. The van der Waals surface area contributed by atoms with Gasteiger partial charge in [0.05, 0.1) is 18.9 Å². The quantitative estimate of drug-likeness (QED) is 0.513. The number of ether oxygens (including phenoxy) is 3. The van der Waals surface area contributed by atoms with E-state index in [-0.39, 0.29) is 23.2 Å². The summed E-state index contributed by atoms with van der Waals surface area (Å²) in [5.74, 6) is -0.884. The molecule has 0 amide bonds.